The van der Waals surface area contributed by atoms with Crippen molar-refractivity contribution in [1.82, 2.24) is 4.90 Å². The molecule has 3 amide bonds. The van der Waals surface area contributed by atoms with Crippen molar-refractivity contribution in [1.29, 1.82) is 0 Å². The predicted molar refractivity (Wildman–Crippen MR) is 94.9 cm³/mol. The third kappa shape index (κ3) is 2.98. The normalized spacial score (nSPS) is 20.3. The van der Waals surface area contributed by atoms with E-state index in [2.05, 4.69) is 4.99 Å². The Balaban J connectivity index is 2.03. The molecule has 1 aromatic carbocycles. The predicted octanol–water partition coefficient (Wildman–Crippen LogP) is 2.85. The molecule has 1 atom stereocenters. The molecule has 2 aliphatic rings. The van der Waals surface area contributed by atoms with E-state index in [-0.39, 0.29) is 12.5 Å². The number of carbonyl (C=O) groups excluding carboxylic acids is 2. The molecule has 0 saturated heterocycles. The lowest BCUT2D eigenvalue weighted by molar-refractivity contribution is -0.409. The number of dihydropyridines is 1. The maximum absolute atomic E-state index is 13.1. The summed E-state index contributed by atoms with van der Waals surface area (Å²) in [5, 5.41) is 0.513. The molecule has 0 radical (unpaired) electrons. The Bertz CT molecular complexity index is 842. The number of urea groups is 1. The second-order valence-electron chi connectivity index (χ2n) is 5.89. The van der Waals surface area contributed by atoms with Crippen molar-refractivity contribution in [2.24, 2.45) is 10.9 Å². The van der Waals surface area contributed by atoms with E-state index in [1.165, 1.54) is 9.48 Å². The highest BCUT2D eigenvalue weighted by atomic mass is 35.5. The van der Waals surface area contributed by atoms with Gasteiger partial charge >= 0.3 is 11.9 Å². The van der Waals surface area contributed by atoms with Gasteiger partial charge in [-0.2, -0.15) is 9.48 Å². The summed E-state index contributed by atoms with van der Waals surface area (Å²) in [6, 6.07) is 6.73. The van der Waals surface area contributed by atoms with E-state index >= 15 is 0 Å². The summed E-state index contributed by atoms with van der Waals surface area (Å²) in [5.74, 6) is -0.131. The summed E-state index contributed by atoms with van der Waals surface area (Å²) in [4.78, 5) is 31.3. The Morgan fingerprint density at radius 1 is 1.32 bits per heavy atom. The first-order chi connectivity index (χ1) is 12.0. The number of imide groups is 1. The first-order valence-corrected chi connectivity index (χ1v) is 8.40. The summed E-state index contributed by atoms with van der Waals surface area (Å²) >= 11 is 6.19. The zero-order valence-electron chi connectivity index (χ0n) is 14.3. The molecule has 130 valence electrons. The fourth-order valence-corrected chi connectivity index (χ4v) is 3.17. The van der Waals surface area contributed by atoms with Crippen LogP contribution in [0.5, 0.6) is 0 Å². The fourth-order valence-electron chi connectivity index (χ4n) is 2.97. The van der Waals surface area contributed by atoms with Gasteiger partial charge in [0.1, 0.15) is 18.5 Å². The minimum atomic E-state index is -0.713. The summed E-state index contributed by atoms with van der Waals surface area (Å²) in [5.41, 5.74) is 1.49. The number of allylic oxidation sites excluding steroid dienone is 1. The topological polar surface area (TPSA) is 62.0 Å². The first-order valence-electron chi connectivity index (χ1n) is 8.02. The summed E-state index contributed by atoms with van der Waals surface area (Å²) < 4.78 is 7.09. The number of aliphatic imine (C=N–C) groups is 1. The Hall–Kier alpha value is -2.47. The van der Waals surface area contributed by atoms with Crippen LogP contribution in [-0.4, -0.2) is 47.1 Å². The van der Waals surface area contributed by atoms with Crippen LogP contribution < -0.4 is 0 Å². The second-order valence-corrected chi connectivity index (χ2v) is 6.29. The standard InChI is InChI=1S/C18H19ClN3O3/c1-4-25-15-11(2)9-20-16-14(15)17(23)22(18(24)21(16)3)10-12-7-5-6-8-13(12)19/h5-9,14H,4,10H2,1-3H3/q+1. The first kappa shape index (κ1) is 17.4. The lowest BCUT2D eigenvalue weighted by Gasteiger charge is -2.29. The smallest absolute Gasteiger partial charge is 0.445 e. The summed E-state index contributed by atoms with van der Waals surface area (Å²) in [6.45, 7) is 4.23. The molecule has 0 fully saturated rings. The molecular formula is C18H19ClN3O3+. The average molecular weight is 361 g/mol. The molecular weight excluding hydrogens is 342 g/mol. The van der Waals surface area contributed by atoms with E-state index in [1.807, 2.05) is 19.9 Å². The van der Waals surface area contributed by atoms with E-state index < -0.39 is 11.9 Å². The molecule has 7 heteroatoms. The molecule has 0 saturated carbocycles. The molecule has 0 aromatic heterocycles. The number of hydrogen-bond acceptors (Lipinski definition) is 4. The van der Waals surface area contributed by atoms with Crippen molar-refractivity contribution in [3.8, 4) is 0 Å². The molecule has 0 aliphatic carbocycles. The molecule has 6 nitrogen and oxygen atoms in total. The maximum atomic E-state index is 13.1. The van der Waals surface area contributed by atoms with Crippen LogP contribution in [0.2, 0.25) is 5.02 Å². The van der Waals surface area contributed by atoms with Gasteiger partial charge in [0.2, 0.25) is 0 Å². The molecule has 25 heavy (non-hydrogen) atoms. The number of rotatable bonds is 4. The molecule has 0 bridgehead atoms. The van der Waals surface area contributed by atoms with E-state index in [4.69, 9.17) is 16.3 Å². The average Bonchev–Trinajstić information content (AvgIpc) is 2.60. The Labute approximate surface area is 151 Å². The number of benzene rings is 1. The van der Waals surface area contributed by atoms with Crippen molar-refractivity contribution in [2.75, 3.05) is 13.7 Å². The van der Waals surface area contributed by atoms with Gasteiger partial charge < -0.3 is 4.74 Å². The van der Waals surface area contributed by atoms with Gasteiger partial charge in [0.25, 0.3) is 5.84 Å². The number of amides is 3. The van der Waals surface area contributed by atoms with Crippen LogP contribution in [0.15, 0.2) is 40.6 Å². The van der Waals surface area contributed by atoms with Crippen LogP contribution in [0.1, 0.15) is 19.4 Å². The van der Waals surface area contributed by atoms with Crippen LogP contribution in [0.4, 0.5) is 4.79 Å². The van der Waals surface area contributed by atoms with Crippen LogP contribution in [0, 0.1) is 5.92 Å². The number of fused-ring (bicyclic) bond motifs is 1. The highest BCUT2D eigenvalue weighted by molar-refractivity contribution is 6.31. The zero-order chi connectivity index (χ0) is 18.1. The summed E-state index contributed by atoms with van der Waals surface area (Å²) in [6.07, 6.45) is 1.62. The quantitative estimate of drug-likeness (QED) is 0.776. The number of hydrogen-bond donors (Lipinski definition) is 0. The Morgan fingerprint density at radius 2 is 2.04 bits per heavy atom. The fraction of sp³-hybridized carbons (Fsp3) is 0.333. The van der Waals surface area contributed by atoms with Gasteiger partial charge in [0.15, 0.2) is 5.92 Å². The van der Waals surface area contributed by atoms with E-state index in [9.17, 15) is 9.59 Å². The minimum Gasteiger partial charge on any atom is -0.496 e. The van der Waals surface area contributed by atoms with Gasteiger partial charge in [-0.1, -0.05) is 29.8 Å². The SMILES string of the molecule is CCOC1=C(C)C=NC2=[N+](C)C(=O)N(Cc3ccccc3Cl)C(=O)C12. The number of nitrogens with zero attached hydrogens (tertiary/aromatic N) is 3. The van der Waals surface area contributed by atoms with Gasteiger partial charge in [-0.3, -0.25) is 4.79 Å². The number of halogens is 1. The van der Waals surface area contributed by atoms with Gasteiger partial charge in [0.05, 0.1) is 13.7 Å². The van der Waals surface area contributed by atoms with E-state index in [0.29, 0.717) is 28.8 Å². The number of carbonyl (C=O) groups is 2. The van der Waals surface area contributed by atoms with Crippen molar-refractivity contribution >= 4 is 35.6 Å². The van der Waals surface area contributed by atoms with Gasteiger partial charge in [-0.25, -0.2) is 4.79 Å². The molecule has 0 spiro atoms. The van der Waals surface area contributed by atoms with Crippen molar-refractivity contribution < 1.29 is 18.9 Å². The van der Waals surface area contributed by atoms with Crippen molar-refractivity contribution in [3.63, 3.8) is 0 Å². The Morgan fingerprint density at radius 3 is 2.72 bits per heavy atom. The highest BCUT2D eigenvalue weighted by Gasteiger charge is 2.50. The van der Waals surface area contributed by atoms with Crippen molar-refractivity contribution in [3.05, 3.63) is 46.2 Å². The summed E-state index contributed by atoms with van der Waals surface area (Å²) in [7, 11) is 1.61. The monoisotopic (exact) mass is 360 g/mol. The third-order valence-corrected chi connectivity index (χ3v) is 4.63. The molecule has 2 heterocycles. The van der Waals surface area contributed by atoms with Gasteiger partial charge in [0, 0.05) is 16.2 Å². The molecule has 3 rings (SSSR count). The minimum absolute atomic E-state index is 0.105. The maximum Gasteiger partial charge on any atom is 0.445 e. The Kier molecular flexibility index (Phi) is 4.72. The number of amidine groups is 1. The van der Waals surface area contributed by atoms with Gasteiger partial charge in [-0.15, -0.1) is 4.99 Å². The van der Waals surface area contributed by atoms with Gasteiger partial charge in [-0.05, 0) is 19.9 Å². The lowest BCUT2D eigenvalue weighted by Crippen LogP contribution is -2.54. The molecule has 1 aromatic rings. The number of ether oxygens (including phenoxy) is 1. The van der Waals surface area contributed by atoms with Crippen molar-refractivity contribution in [2.45, 2.75) is 20.4 Å². The third-order valence-electron chi connectivity index (χ3n) is 4.26. The lowest BCUT2D eigenvalue weighted by atomic mass is 9.96. The largest absolute Gasteiger partial charge is 0.496 e. The molecule has 0 N–H and O–H groups in total. The van der Waals surface area contributed by atoms with Crippen LogP contribution in [0.3, 0.4) is 0 Å². The zero-order valence-corrected chi connectivity index (χ0v) is 15.1. The second kappa shape index (κ2) is 6.80. The van der Waals surface area contributed by atoms with Crippen LogP contribution >= 0.6 is 11.6 Å². The van der Waals surface area contributed by atoms with Crippen LogP contribution in [-0.2, 0) is 16.1 Å². The van der Waals surface area contributed by atoms with Crippen LogP contribution in [0.25, 0.3) is 0 Å². The highest BCUT2D eigenvalue weighted by Crippen LogP contribution is 2.29. The molecule has 1 unspecified atom stereocenters. The van der Waals surface area contributed by atoms with E-state index in [0.717, 1.165) is 5.57 Å². The van der Waals surface area contributed by atoms with E-state index in [1.54, 1.807) is 31.5 Å². The molecule has 2 aliphatic heterocycles.